The Balaban J connectivity index is 2.84. The fourth-order valence-electron chi connectivity index (χ4n) is 0.834. The molecule has 0 aromatic rings. The van der Waals surface area contributed by atoms with Crippen LogP contribution in [0.2, 0.25) is 0 Å². The minimum Gasteiger partial charge on any atom is -0.0984 e. The summed E-state index contributed by atoms with van der Waals surface area (Å²) in [6.45, 7) is 3.70. The molecule has 0 saturated carbocycles. The van der Waals surface area contributed by atoms with E-state index in [0.717, 1.165) is 12.8 Å². The largest absolute Gasteiger partial charge is 0.0984 e. The van der Waals surface area contributed by atoms with Gasteiger partial charge in [0.05, 0.1) is 0 Å². The molecule has 1 aliphatic rings. The van der Waals surface area contributed by atoms with E-state index >= 15 is 0 Å². The van der Waals surface area contributed by atoms with Gasteiger partial charge in [-0.2, -0.15) is 0 Å². The Labute approximate surface area is 64.1 Å². The average Bonchev–Trinajstić information content (AvgIpc) is 1.89. The van der Waals surface area contributed by atoms with Crippen molar-refractivity contribution >= 4 is 15.9 Å². The van der Waals surface area contributed by atoms with E-state index in [9.17, 15) is 0 Å². The van der Waals surface area contributed by atoms with Crippen molar-refractivity contribution in [1.82, 2.24) is 0 Å². The SMILES string of the molecule is C=CC1=C(Br)CCC=C1. The quantitative estimate of drug-likeness (QED) is 0.588. The van der Waals surface area contributed by atoms with Gasteiger partial charge in [-0.25, -0.2) is 0 Å². The van der Waals surface area contributed by atoms with Crippen LogP contribution in [0.25, 0.3) is 0 Å². The van der Waals surface area contributed by atoms with Gasteiger partial charge in [0.1, 0.15) is 0 Å². The van der Waals surface area contributed by atoms with Gasteiger partial charge in [-0.15, -0.1) is 0 Å². The summed E-state index contributed by atoms with van der Waals surface area (Å²) in [6, 6.07) is 0. The molecule has 0 spiro atoms. The first-order valence-electron chi connectivity index (χ1n) is 3.02. The average molecular weight is 185 g/mol. The molecular formula is C8H9Br. The van der Waals surface area contributed by atoms with Gasteiger partial charge in [0.2, 0.25) is 0 Å². The zero-order valence-corrected chi connectivity index (χ0v) is 6.82. The number of rotatable bonds is 1. The summed E-state index contributed by atoms with van der Waals surface area (Å²) in [5, 5.41) is 0. The molecule has 0 aromatic heterocycles. The maximum Gasteiger partial charge on any atom is 0.00257 e. The Morgan fingerprint density at radius 2 is 2.44 bits per heavy atom. The molecule has 0 N–H and O–H groups in total. The molecule has 1 heteroatoms. The van der Waals surface area contributed by atoms with Gasteiger partial charge >= 0.3 is 0 Å². The van der Waals surface area contributed by atoms with E-state index in [2.05, 4.69) is 34.7 Å². The molecule has 0 aliphatic heterocycles. The van der Waals surface area contributed by atoms with Gasteiger partial charge in [0.15, 0.2) is 0 Å². The molecule has 0 atom stereocenters. The fraction of sp³-hybridized carbons (Fsp3) is 0.250. The van der Waals surface area contributed by atoms with Crippen molar-refractivity contribution in [3.63, 3.8) is 0 Å². The van der Waals surface area contributed by atoms with Crippen molar-refractivity contribution < 1.29 is 0 Å². The van der Waals surface area contributed by atoms with E-state index in [0.29, 0.717) is 0 Å². The standard InChI is InChI=1S/C8H9Br/c1-2-7-5-3-4-6-8(7)9/h2-3,5H,1,4,6H2. The summed E-state index contributed by atoms with van der Waals surface area (Å²) in [4.78, 5) is 0. The molecule has 48 valence electrons. The third kappa shape index (κ3) is 1.55. The molecule has 0 heterocycles. The highest BCUT2D eigenvalue weighted by molar-refractivity contribution is 9.11. The van der Waals surface area contributed by atoms with Crippen LogP contribution >= 0.6 is 15.9 Å². The molecule has 0 bridgehead atoms. The lowest BCUT2D eigenvalue weighted by molar-refractivity contribution is 1.01. The zero-order valence-electron chi connectivity index (χ0n) is 5.23. The van der Waals surface area contributed by atoms with Crippen LogP contribution in [0.5, 0.6) is 0 Å². The Bertz CT molecular complexity index is 175. The lowest BCUT2D eigenvalue weighted by atomic mass is 10.1. The lowest BCUT2D eigenvalue weighted by Crippen LogP contribution is -1.84. The van der Waals surface area contributed by atoms with Crippen LogP contribution in [0.15, 0.2) is 34.9 Å². The van der Waals surface area contributed by atoms with Crippen LogP contribution in [-0.2, 0) is 0 Å². The van der Waals surface area contributed by atoms with Crippen molar-refractivity contribution in [2.45, 2.75) is 12.8 Å². The Morgan fingerprint density at radius 1 is 1.67 bits per heavy atom. The van der Waals surface area contributed by atoms with Crippen LogP contribution in [-0.4, -0.2) is 0 Å². The van der Waals surface area contributed by atoms with E-state index in [1.165, 1.54) is 10.1 Å². The molecule has 0 aromatic carbocycles. The van der Waals surface area contributed by atoms with Crippen LogP contribution in [0.4, 0.5) is 0 Å². The van der Waals surface area contributed by atoms with Gasteiger partial charge in [0.25, 0.3) is 0 Å². The maximum absolute atomic E-state index is 3.70. The van der Waals surface area contributed by atoms with Crippen molar-refractivity contribution in [2.24, 2.45) is 0 Å². The van der Waals surface area contributed by atoms with E-state index in [4.69, 9.17) is 0 Å². The molecule has 0 fully saturated rings. The molecular weight excluding hydrogens is 176 g/mol. The topological polar surface area (TPSA) is 0 Å². The van der Waals surface area contributed by atoms with Crippen LogP contribution in [0.3, 0.4) is 0 Å². The summed E-state index contributed by atoms with van der Waals surface area (Å²) in [5.41, 5.74) is 1.22. The van der Waals surface area contributed by atoms with E-state index in [1.54, 1.807) is 0 Å². The highest BCUT2D eigenvalue weighted by Gasteiger charge is 1.99. The minimum atomic E-state index is 1.12. The predicted molar refractivity (Wildman–Crippen MR) is 44.5 cm³/mol. The van der Waals surface area contributed by atoms with Crippen molar-refractivity contribution in [3.8, 4) is 0 Å². The van der Waals surface area contributed by atoms with Crippen molar-refractivity contribution in [2.75, 3.05) is 0 Å². The Kier molecular flexibility index (Phi) is 2.29. The number of hydrogen-bond acceptors (Lipinski definition) is 0. The predicted octanol–water partition coefficient (Wildman–Crippen LogP) is 3.17. The number of hydrogen-bond donors (Lipinski definition) is 0. The first-order valence-corrected chi connectivity index (χ1v) is 3.81. The molecule has 0 amide bonds. The summed E-state index contributed by atoms with van der Waals surface area (Å²) in [5.74, 6) is 0. The third-order valence-corrected chi connectivity index (χ3v) is 2.22. The van der Waals surface area contributed by atoms with Gasteiger partial charge < -0.3 is 0 Å². The second-order valence-electron chi connectivity index (χ2n) is 2.01. The Morgan fingerprint density at radius 3 is 2.89 bits per heavy atom. The van der Waals surface area contributed by atoms with Crippen molar-refractivity contribution in [3.05, 3.63) is 34.9 Å². The lowest BCUT2D eigenvalue weighted by Gasteiger charge is -2.05. The zero-order chi connectivity index (χ0) is 6.69. The molecule has 0 unspecified atom stereocenters. The van der Waals surface area contributed by atoms with Crippen LogP contribution in [0, 0.1) is 0 Å². The van der Waals surface area contributed by atoms with E-state index in [1.807, 2.05) is 6.08 Å². The normalized spacial score (nSPS) is 18.3. The molecule has 0 saturated heterocycles. The number of halogens is 1. The first kappa shape index (κ1) is 6.81. The fourth-order valence-corrected chi connectivity index (χ4v) is 1.36. The summed E-state index contributed by atoms with van der Waals surface area (Å²) in [7, 11) is 0. The first-order chi connectivity index (χ1) is 4.34. The van der Waals surface area contributed by atoms with E-state index < -0.39 is 0 Å². The molecule has 0 radical (unpaired) electrons. The van der Waals surface area contributed by atoms with Gasteiger partial charge in [-0.3, -0.25) is 0 Å². The summed E-state index contributed by atoms with van der Waals surface area (Å²) in [6.07, 6.45) is 8.41. The highest BCUT2D eigenvalue weighted by atomic mass is 79.9. The molecule has 9 heavy (non-hydrogen) atoms. The van der Waals surface area contributed by atoms with Gasteiger partial charge in [-0.05, 0) is 18.4 Å². The van der Waals surface area contributed by atoms with Crippen LogP contribution in [0.1, 0.15) is 12.8 Å². The maximum atomic E-state index is 3.70. The second kappa shape index (κ2) is 3.02. The molecule has 1 aliphatic carbocycles. The highest BCUT2D eigenvalue weighted by Crippen LogP contribution is 2.23. The minimum absolute atomic E-state index is 1.12. The summed E-state index contributed by atoms with van der Waals surface area (Å²) >= 11 is 3.47. The van der Waals surface area contributed by atoms with Crippen LogP contribution < -0.4 is 0 Å². The smallest absolute Gasteiger partial charge is 0.00257 e. The van der Waals surface area contributed by atoms with Gasteiger partial charge in [-0.1, -0.05) is 40.7 Å². The number of allylic oxidation sites excluding steroid dienone is 5. The van der Waals surface area contributed by atoms with Crippen molar-refractivity contribution in [1.29, 1.82) is 0 Å². The molecule has 1 rings (SSSR count). The second-order valence-corrected chi connectivity index (χ2v) is 2.96. The molecule has 0 nitrogen and oxygen atoms in total. The summed E-state index contributed by atoms with van der Waals surface area (Å²) < 4.78 is 1.28. The van der Waals surface area contributed by atoms with Gasteiger partial charge in [0, 0.05) is 4.48 Å². The Hall–Kier alpha value is -0.300. The monoisotopic (exact) mass is 184 g/mol. The third-order valence-electron chi connectivity index (χ3n) is 1.36. The van der Waals surface area contributed by atoms with E-state index in [-0.39, 0.29) is 0 Å².